The summed E-state index contributed by atoms with van der Waals surface area (Å²) in [4.78, 5) is 0. The molecule has 0 aliphatic rings. The first-order chi connectivity index (χ1) is 7.24. The summed E-state index contributed by atoms with van der Waals surface area (Å²) in [5.74, 6) is 1.22. The van der Waals surface area contributed by atoms with Gasteiger partial charge in [0.15, 0.2) is 0 Å². The third kappa shape index (κ3) is 4.30. The van der Waals surface area contributed by atoms with Gasteiger partial charge in [-0.3, -0.25) is 0 Å². The fourth-order valence-corrected chi connectivity index (χ4v) is 1.57. The number of benzene rings is 1. The zero-order valence-corrected chi connectivity index (χ0v) is 9.74. The highest BCUT2D eigenvalue weighted by Crippen LogP contribution is 2.10. The summed E-state index contributed by atoms with van der Waals surface area (Å²) in [5, 5.41) is 3.46. The van der Waals surface area contributed by atoms with Crippen LogP contribution in [0.1, 0.15) is 19.4 Å². The highest BCUT2D eigenvalue weighted by Gasteiger charge is 2.07. The van der Waals surface area contributed by atoms with E-state index in [0.29, 0.717) is 11.8 Å². The van der Waals surface area contributed by atoms with Crippen LogP contribution in [0.5, 0.6) is 0 Å². The fraction of sp³-hybridized carbons (Fsp3) is 0.429. The average Bonchev–Trinajstić information content (AvgIpc) is 2.25. The van der Waals surface area contributed by atoms with Gasteiger partial charge in [0.1, 0.15) is 0 Å². The zero-order chi connectivity index (χ0) is 11.1. The van der Waals surface area contributed by atoms with E-state index in [1.54, 1.807) is 0 Å². The molecule has 0 aliphatic heterocycles. The lowest BCUT2D eigenvalue weighted by Gasteiger charge is -2.17. The molecule has 1 aromatic rings. The largest absolute Gasteiger partial charge is 0.312 e. The summed E-state index contributed by atoms with van der Waals surface area (Å²) in [7, 11) is 0. The summed E-state index contributed by atoms with van der Waals surface area (Å²) >= 11 is 0. The maximum absolute atomic E-state index is 3.87. The molecule has 0 saturated carbocycles. The van der Waals surface area contributed by atoms with Crippen LogP contribution >= 0.6 is 0 Å². The van der Waals surface area contributed by atoms with Gasteiger partial charge in [-0.2, -0.15) is 0 Å². The van der Waals surface area contributed by atoms with Crippen molar-refractivity contribution in [3.05, 3.63) is 48.6 Å². The van der Waals surface area contributed by atoms with Gasteiger partial charge in [-0.05, 0) is 17.4 Å². The minimum atomic E-state index is 0.564. The Balaban J connectivity index is 2.30. The minimum Gasteiger partial charge on any atom is -0.312 e. The highest BCUT2D eigenvalue weighted by molar-refractivity contribution is 5.14. The van der Waals surface area contributed by atoms with Gasteiger partial charge >= 0.3 is 0 Å². The normalized spacial score (nSPS) is 12.7. The van der Waals surface area contributed by atoms with Crippen molar-refractivity contribution in [3.63, 3.8) is 0 Å². The molecule has 0 fully saturated rings. The van der Waals surface area contributed by atoms with E-state index in [-0.39, 0.29) is 0 Å². The second-order valence-electron chi connectivity index (χ2n) is 4.26. The fourth-order valence-electron chi connectivity index (χ4n) is 1.57. The molecule has 1 atom stereocenters. The Labute approximate surface area is 93.2 Å². The molecule has 1 aromatic carbocycles. The molecular formula is C14H21N. The van der Waals surface area contributed by atoms with Crippen LogP contribution in [0.25, 0.3) is 0 Å². The summed E-state index contributed by atoms with van der Waals surface area (Å²) < 4.78 is 0. The molecule has 1 nitrogen and oxygen atoms in total. The van der Waals surface area contributed by atoms with Gasteiger partial charge < -0.3 is 5.32 Å². The number of nitrogens with one attached hydrogen (secondary N) is 1. The Morgan fingerprint density at radius 1 is 1.27 bits per heavy atom. The molecule has 1 rings (SSSR count). The Bertz CT molecular complexity index is 277. The van der Waals surface area contributed by atoms with Crippen molar-refractivity contribution in [1.82, 2.24) is 5.32 Å². The lowest BCUT2D eigenvalue weighted by Crippen LogP contribution is -2.24. The molecule has 0 aliphatic carbocycles. The van der Waals surface area contributed by atoms with Crippen LogP contribution in [0.3, 0.4) is 0 Å². The predicted octanol–water partition coefficient (Wildman–Crippen LogP) is 3.23. The number of hydrogen-bond donors (Lipinski definition) is 1. The third-order valence-corrected chi connectivity index (χ3v) is 2.71. The maximum atomic E-state index is 3.87. The van der Waals surface area contributed by atoms with Gasteiger partial charge in [0, 0.05) is 13.1 Å². The van der Waals surface area contributed by atoms with E-state index in [2.05, 4.69) is 50.0 Å². The summed E-state index contributed by atoms with van der Waals surface area (Å²) in [6, 6.07) is 10.5. The van der Waals surface area contributed by atoms with E-state index in [1.807, 2.05) is 12.1 Å². The lowest BCUT2D eigenvalue weighted by molar-refractivity contribution is 0.433. The smallest absolute Gasteiger partial charge is 0.0205 e. The van der Waals surface area contributed by atoms with Crippen molar-refractivity contribution in [2.24, 2.45) is 11.8 Å². The average molecular weight is 203 g/mol. The standard InChI is InChI=1S/C14H21N/c1-4-14(12(2)3)11-15-10-13-8-6-5-7-9-13/h4-9,12,14-15H,1,10-11H2,2-3H3. The summed E-state index contributed by atoms with van der Waals surface area (Å²) in [6.07, 6.45) is 2.04. The van der Waals surface area contributed by atoms with Gasteiger partial charge in [0.05, 0.1) is 0 Å². The molecule has 1 N–H and O–H groups in total. The van der Waals surface area contributed by atoms with E-state index in [9.17, 15) is 0 Å². The Hall–Kier alpha value is -1.08. The van der Waals surface area contributed by atoms with Crippen LogP contribution in [0.4, 0.5) is 0 Å². The first kappa shape index (κ1) is 12.0. The van der Waals surface area contributed by atoms with Crippen molar-refractivity contribution in [2.75, 3.05) is 6.54 Å². The first-order valence-electron chi connectivity index (χ1n) is 5.61. The molecule has 0 amide bonds. The van der Waals surface area contributed by atoms with Crippen LogP contribution in [0, 0.1) is 11.8 Å². The molecule has 0 bridgehead atoms. The second-order valence-corrected chi connectivity index (χ2v) is 4.26. The molecule has 0 heterocycles. The van der Waals surface area contributed by atoms with E-state index >= 15 is 0 Å². The molecule has 1 unspecified atom stereocenters. The highest BCUT2D eigenvalue weighted by atomic mass is 14.9. The molecule has 15 heavy (non-hydrogen) atoms. The second kappa shape index (κ2) is 6.41. The van der Waals surface area contributed by atoms with Crippen LogP contribution in [0.2, 0.25) is 0 Å². The van der Waals surface area contributed by atoms with Gasteiger partial charge in [-0.25, -0.2) is 0 Å². The van der Waals surface area contributed by atoms with Gasteiger partial charge in [-0.1, -0.05) is 50.3 Å². The van der Waals surface area contributed by atoms with Crippen LogP contribution in [-0.4, -0.2) is 6.54 Å². The Morgan fingerprint density at radius 2 is 1.93 bits per heavy atom. The van der Waals surface area contributed by atoms with E-state index < -0.39 is 0 Å². The number of hydrogen-bond acceptors (Lipinski definition) is 1. The van der Waals surface area contributed by atoms with E-state index in [0.717, 1.165) is 13.1 Å². The monoisotopic (exact) mass is 203 g/mol. The SMILES string of the molecule is C=CC(CNCc1ccccc1)C(C)C. The van der Waals surface area contributed by atoms with E-state index in [1.165, 1.54) is 5.56 Å². The third-order valence-electron chi connectivity index (χ3n) is 2.71. The minimum absolute atomic E-state index is 0.564. The summed E-state index contributed by atoms with van der Waals surface area (Å²) in [5.41, 5.74) is 1.34. The van der Waals surface area contributed by atoms with Crippen molar-refractivity contribution in [3.8, 4) is 0 Å². The topological polar surface area (TPSA) is 12.0 Å². The summed E-state index contributed by atoms with van der Waals surface area (Å²) in [6.45, 7) is 10.3. The molecule has 0 aromatic heterocycles. The number of rotatable bonds is 6. The molecule has 82 valence electrons. The van der Waals surface area contributed by atoms with Crippen LogP contribution in [0.15, 0.2) is 43.0 Å². The van der Waals surface area contributed by atoms with Crippen LogP contribution in [-0.2, 0) is 6.54 Å². The predicted molar refractivity (Wildman–Crippen MR) is 66.7 cm³/mol. The van der Waals surface area contributed by atoms with Gasteiger partial charge in [-0.15, -0.1) is 6.58 Å². The van der Waals surface area contributed by atoms with Crippen LogP contribution < -0.4 is 5.32 Å². The zero-order valence-electron chi connectivity index (χ0n) is 9.74. The van der Waals surface area contributed by atoms with Crippen molar-refractivity contribution in [2.45, 2.75) is 20.4 Å². The van der Waals surface area contributed by atoms with Crippen molar-refractivity contribution < 1.29 is 0 Å². The quantitative estimate of drug-likeness (QED) is 0.700. The molecule has 0 spiro atoms. The van der Waals surface area contributed by atoms with Crippen molar-refractivity contribution >= 4 is 0 Å². The first-order valence-corrected chi connectivity index (χ1v) is 5.61. The van der Waals surface area contributed by atoms with E-state index in [4.69, 9.17) is 0 Å². The van der Waals surface area contributed by atoms with Gasteiger partial charge in [0.25, 0.3) is 0 Å². The lowest BCUT2D eigenvalue weighted by atomic mass is 9.96. The van der Waals surface area contributed by atoms with Crippen molar-refractivity contribution in [1.29, 1.82) is 0 Å². The molecule has 0 saturated heterocycles. The molecule has 1 heteroatoms. The maximum Gasteiger partial charge on any atom is 0.0205 e. The Kier molecular flexibility index (Phi) is 5.13. The van der Waals surface area contributed by atoms with Gasteiger partial charge in [0.2, 0.25) is 0 Å². The molecule has 0 radical (unpaired) electrons. The molecular weight excluding hydrogens is 182 g/mol. The Morgan fingerprint density at radius 3 is 2.47 bits per heavy atom.